The van der Waals surface area contributed by atoms with Crippen LogP contribution < -0.4 is 0 Å². The molecule has 0 amide bonds. The minimum Gasteiger partial charge on any atom is -0.384 e. The van der Waals surface area contributed by atoms with Crippen molar-refractivity contribution in [3.05, 3.63) is 15.6 Å². The summed E-state index contributed by atoms with van der Waals surface area (Å²) in [5.41, 5.74) is 1.32. The highest BCUT2D eigenvalue weighted by Crippen LogP contribution is 2.43. The Labute approximate surface area is 94.1 Å². The molecule has 0 atom stereocenters. The summed E-state index contributed by atoms with van der Waals surface area (Å²) < 4.78 is 5.05. The lowest BCUT2D eigenvalue weighted by atomic mass is 10.3. The van der Waals surface area contributed by atoms with E-state index in [-0.39, 0.29) is 0 Å². The molecule has 14 heavy (non-hydrogen) atoms. The Morgan fingerprint density at radius 2 is 2.36 bits per heavy atom. The zero-order valence-electron chi connectivity index (χ0n) is 8.32. The van der Waals surface area contributed by atoms with Gasteiger partial charge in [0, 0.05) is 30.1 Å². The molecule has 1 saturated carbocycles. The Kier molecular flexibility index (Phi) is 3.47. The summed E-state index contributed by atoms with van der Waals surface area (Å²) >= 11 is 6.15. The summed E-state index contributed by atoms with van der Waals surface area (Å²) in [5, 5.41) is 1.21. The zero-order chi connectivity index (χ0) is 9.97. The first-order valence-corrected chi connectivity index (χ1v) is 6.38. The largest absolute Gasteiger partial charge is 0.384 e. The Bertz CT molecular complexity index is 307. The van der Waals surface area contributed by atoms with Gasteiger partial charge >= 0.3 is 0 Å². The van der Waals surface area contributed by atoms with Gasteiger partial charge in [0.25, 0.3) is 0 Å². The Hall–Kier alpha value is -0.0600. The molecule has 0 unspecified atom stereocenters. The average molecular weight is 229 g/mol. The van der Waals surface area contributed by atoms with Gasteiger partial charge in [0.05, 0.1) is 17.3 Å². The lowest BCUT2D eigenvalue weighted by Crippen LogP contribution is -1.93. The van der Waals surface area contributed by atoms with E-state index in [0.717, 1.165) is 24.7 Å². The highest BCUT2D eigenvalue weighted by atomic mass is 32.1. The Balaban J connectivity index is 2.09. The Morgan fingerprint density at radius 3 is 2.93 bits per heavy atom. The maximum Gasteiger partial charge on any atom is 0.0954 e. The number of hydrogen-bond donors (Lipinski definition) is 1. The van der Waals surface area contributed by atoms with Crippen molar-refractivity contribution >= 4 is 24.0 Å². The SMILES string of the molecule is COCCc1nc(C2CC2)c(CS)s1. The molecule has 0 aromatic carbocycles. The molecule has 2 rings (SSSR count). The van der Waals surface area contributed by atoms with E-state index in [1.54, 1.807) is 18.4 Å². The monoisotopic (exact) mass is 229 g/mol. The second-order valence-corrected chi connectivity index (χ2v) is 5.08. The van der Waals surface area contributed by atoms with Crippen LogP contribution in [0.15, 0.2) is 0 Å². The third-order valence-corrected chi connectivity index (χ3v) is 4.06. The van der Waals surface area contributed by atoms with Crippen molar-refractivity contribution in [3.63, 3.8) is 0 Å². The third kappa shape index (κ3) is 2.30. The molecule has 0 saturated heterocycles. The van der Waals surface area contributed by atoms with Crippen LogP contribution in [-0.2, 0) is 16.9 Å². The van der Waals surface area contributed by atoms with Gasteiger partial charge in [0.2, 0.25) is 0 Å². The summed E-state index contributed by atoms with van der Waals surface area (Å²) in [7, 11) is 1.73. The van der Waals surface area contributed by atoms with Gasteiger partial charge < -0.3 is 4.74 Å². The molecule has 1 heterocycles. The lowest BCUT2D eigenvalue weighted by Gasteiger charge is -1.93. The highest BCUT2D eigenvalue weighted by Gasteiger charge is 2.28. The number of ether oxygens (including phenoxy) is 1. The molecule has 1 aliphatic rings. The summed E-state index contributed by atoms with van der Waals surface area (Å²) in [4.78, 5) is 6.03. The quantitative estimate of drug-likeness (QED) is 0.784. The van der Waals surface area contributed by atoms with Crippen molar-refractivity contribution in [3.8, 4) is 0 Å². The van der Waals surface area contributed by atoms with Gasteiger partial charge in [-0.2, -0.15) is 12.6 Å². The molecule has 1 aromatic rings. The minimum absolute atomic E-state index is 0.740. The van der Waals surface area contributed by atoms with Gasteiger partial charge in [0.15, 0.2) is 0 Å². The van der Waals surface area contributed by atoms with E-state index in [9.17, 15) is 0 Å². The summed E-state index contributed by atoms with van der Waals surface area (Å²) in [6.07, 6.45) is 3.57. The molecule has 1 aliphatic carbocycles. The normalized spacial score (nSPS) is 16.1. The van der Waals surface area contributed by atoms with E-state index in [2.05, 4.69) is 17.6 Å². The van der Waals surface area contributed by atoms with Crippen LogP contribution in [0.2, 0.25) is 0 Å². The minimum atomic E-state index is 0.740. The van der Waals surface area contributed by atoms with Crippen LogP contribution in [0.5, 0.6) is 0 Å². The lowest BCUT2D eigenvalue weighted by molar-refractivity contribution is 0.202. The van der Waals surface area contributed by atoms with E-state index in [4.69, 9.17) is 4.74 Å². The fourth-order valence-electron chi connectivity index (χ4n) is 1.50. The van der Waals surface area contributed by atoms with Crippen molar-refractivity contribution in [2.24, 2.45) is 0 Å². The molecule has 0 aliphatic heterocycles. The van der Waals surface area contributed by atoms with Crippen LogP contribution in [0, 0.1) is 0 Å². The zero-order valence-corrected chi connectivity index (χ0v) is 10.0. The van der Waals surface area contributed by atoms with E-state index >= 15 is 0 Å². The van der Waals surface area contributed by atoms with E-state index in [1.807, 2.05) is 0 Å². The number of thiazole rings is 1. The van der Waals surface area contributed by atoms with E-state index in [1.165, 1.54) is 28.4 Å². The summed E-state index contributed by atoms with van der Waals surface area (Å²) in [6, 6.07) is 0. The molecule has 78 valence electrons. The van der Waals surface area contributed by atoms with Crippen molar-refractivity contribution in [2.45, 2.75) is 30.9 Å². The Morgan fingerprint density at radius 1 is 1.57 bits per heavy atom. The fraction of sp³-hybridized carbons (Fsp3) is 0.700. The molecule has 1 aromatic heterocycles. The highest BCUT2D eigenvalue weighted by molar-refractivity contribution is 7.79. The number of thiol groups is 1. The maximum absolute atomic E-state index is 5.05. The number of hydrogen-bond acceptors (Lipinski definition) is 4. The molecule has 4 heteroatoms. The smallest absolute Gasteiger partial charge is 0.0954 e. The molecule has 0 spiro atoms. The van der Waals surface area contributed by atoms with Crippen LogP contribution in [-0.4, -0.2) is 18.7 Å². The first-order chi connectivity index (χ1) is 6.85. The van der Waals surface area contributed by atoms with Crippen LogP contribution in [0.4, 0.5) is 0 Å². The van der Waals surface area contributed by atoms with Crippen LogP contribution >= 0.6 is 24.0 Å². The molecular formula is C10H15NOS2. The van der Waals surface area contributed by atoms with Gasteiger partial charge in [-0.3, -0.25) is 0 Å². The van der Waals surface area contributed by atoms with Gasteiger partial charge in [-0.1, -0.05) is 0 Å². The molecule has 0 radical (unpaired) electrons. The number of methoxy groups -OCH3 is 1. The second kappa shape index (κ2) is 4.64. The van der Waals surface area contributed by atoms with Gasteiger partial charge in [0.1, 0.15) is 0 Å². The predicted octanol–water partition coefficient (Wildman–Crippen LogP) is 2.64. The first-order valence-electron chi connectivity index (χ1n) is 4.93. The third-order valence-electron chi connectivity index (χ3n) is 2.40. The van der Waals surface area contributed by atoms with Crippen LogP contribution in [0.1, 0.15) is 34.3 Å². The van der Waals surface area contributed by atoms with Crippen molar-refractivity contribution in [2.75, 3.05) is 13.7 Å². The maximum atomic E-state index is 5.05. The molecule has 2 nitrogen and oxygen atoms in total. The van der Waals surface area contributed by atoms with Crippen molar-refractivity contribution in [1.82, 2.24) is 4.98 Å². The van der Waals surface area contributed by atoms with Crippen molar-refractivity contribution < 1.29 is 4.74 Å². The second-order valence-electron chi connectivity index (χ2n) is 3.59. The van der Waals surface area contributed by atoms with Gasteiger partial charge in [-0.25, -0.2) is 4.98 Å². The van der Waals surface area contributed by atoms with Crippen LogP contribution in [0.3, 0.4) is 0 Å². The number of rotatable bonds is 5. The standard InChI is InChI=1S/C10H15NOS2/c1-12-5-4-9-11-10(7-2-3-7)8(6-13)14-9/h7,13H,2-6H2,1H3. The van der Waals surface area contributed by atoms with E-state index < -0.39 is 0 Å². The van der Waals surface area contributed by atoms with Crippen LogP contribution in [0.25, 0.3) is 0 Å². The van der Waals surface area contributed by atoms with E-state index in [0.29, 0.717) is 0 Å². The summed E-state index contributed by atoms with van der Waals surface area (Å²) in [6.45, 7) is 0.767. The van der Waals surface area contributed by atoms with Crippen molar-refractivity contribution in [1.29, 1.82) is 0 Å². The van der Waals surface area contributed by atoms with Gasteiger partial charge in [-0.15, -0.1) is 11.3 Å². The molecule has 1 fully saturated rings. The first kappa shape index (κ1) is 10.5. The predicted molar refractivity (Wildman–Crippen MR) is 62.4 cm³/mol. The number of nitrogens with zero attached hydrogens (tertiary/aromatic N) is 1. The molecular weight excluding hydrogens is 214 g/mol. The number of aromatic nitrogens is 1. The molecule has 0 N–H and O–H groups in total. The fourth-order valence-corrected chi connectivity index (χ4v) is 2.85. The average Bonchev–Trinajstić information content (AvgIpc) is 2.96. The summed E-state index contributed by atoms with van der Waals surface area (Å²) in [5.74, 6) is 1.57. The topological polar surface area (TPSA) is 22.1 Å². The molecule has 0 bridgehead atoms. The van der Waals surface area contributed by atoms with Gasteiger partial charge in [-0.05, 0) is 12.8 Å².